The van der Waals surface area contributed by atoms with Crippen LogP contribution in [0.25, 0.3) is 0 Å². The van der Waals surface area contributed by atoms with Crippen molar-refractivity contribution in [2.24, 2.45) is 35.5 Å². The molecule has 29 heavy (non-hydrogen) atoms. The molecule has 2 aliphatic rings. The van der Waals surface area contributed by atoms with Gasteiger partial charge in [-0.25, -0.2) is 0 Å². The lowest BCUT2D eigenvalue weighted by Gasteiger charge is -2.41. The van der Waals surface area contributed by atoms with E-state index < -0.39 is 8.38 Å². The molecule has 1 aromatic carbocycles. The molecule has 0 radical (unpaired) electrons. The molecule has 7 atom stereocenters. The lowest BCUT2D eigenvalue weighted by Crippen LogP contribution is -2.36. The summed E-state index contributed by atoms with van der Waals surface area (Å²) < 4.78 is 13.9. The lowest BCUT2D eigenvalue weighted by molar-refractivity contribution is 0.0130. The Labute approximate surface area is 181 Å². The number of rotatable bonds is 7. The molecule has 0 N–H and O–H groups in total. The Kier molecular flexibility index (Phi) is 8.61. The number of hydrogen-bond acceptors (Lipinski definition) is 2. The third-order valence-corrected chi connectivity index (χ3v) is 9.00. The zero-order valence-electron chi connectivity index (χ0n) is 19.5. The molecule has 1 unspecified atom stereocenters. The van der Waals surface area contributed by atoms with Crippen LogP contribution >= 0.6 is 8.38 Å². The van der Waals surface area contributed by atoms with Gasteiger partial charge in [-0.2, -0.15) is 0 Å². The summed E-state index contributed by atoms with van der Waals surface area (Å²) in [6.45, 7) is 14.2. The molecule has 2 aliphatic carbocycles. The molecule has 0 aromatic heterocycles. The fraction of sp³-hybridized carbons (Fsp3) is 0.769. The van der Waals surface area contributed by atoms with Crippen molar-refractivity contribution in [3.05, 3.63) is 30.3 Å². The smallest absolute Gasteiger partial charge is 0.205 e. The largest absolute Gasteiger partial charge is 0.327 e. The fourth-order valence-corrected chi connectivity index (χ4v) is 7.10. The van der Waals surface area contributed by atoms with E-state index in [2.05, 4.69) is 71.9 Å². The molecule has 0 aliphatic heterocycles. The summed E-state index contributed by atoms with van der Waals surface area (Å²) in [5.74, 6) is 4.13. The monoisotopic (exact) mass is 418 g/mol. The lowest BCUT2D eigenvalue weighted by atomic mass is 9.75. The highest BCUT2D eigenvalue weighted by Crippen LogP contribution is 2.49. The molecule has 3 heteroatoms. The molecule has 3 rings (SSSR count). The molecule has 0 spiro atoms. The van der Waals surface area contributed by atoms with Crippen LogP contribution in [0.15, 0.2) is 30.3 Å². The Bertz CT molecular complexity index is 568. The average molecular weight is 419 g/mol. The van der Waals surface area contributed by atoms with Gasteiger partial charge in [-0.3, -0.25) is 0 Å². The highest BCUT2D eigenvalue weighted by molar-refractivity contribution is 7.56. The van der Waals surface area contributed by atoms with E-state index in [-0.39, 0.29) is 0 Å². The van der Waals surface area contributed by atoms with Gasteiger partial charge in [0.2, 0.25) is 8.38 Å². The summed E-state index contributed by atoms with van der Waals surface area (Å²) >= 11 is 0. The number of benzene rings is 1. The van der Waals surface area contributed by atoms with Crippen LogP contribution in [0.4, 0.5) is 0 Å². The van der Waals surface area contributed by atoms with Crippen molar-refractivity contribution >= 4 is 13.7 Å². The third kappa shape index (κ3) is 6.28. The zero-order chi connectivity index (χ0) is 21.0. The van der Waals surface area contributed by atoms with Gasteiger partial charge in [-0.1, -0.05) is 72.6 Å². The predicted octanol–water partition coefficient (Wildman–Crippen LogP) is 7.58. The normalized spacial score (nSPS) is 34.5. The van der Waals surface area contributed by atoms with E-state index in [1.54, 1.807) is 0 Å². The first-order valence-electron chi connectivity index (χ1n) is 12.0. The van der Waals surface area contributed by atoms with Crippen LogP contribution in [0.5, 0.6) is 0 Å². The Morgan fingerprint density at radius 1 is 0.724 bits per heavy atom. The maximum absolute atomic E-state index is 6.93. The summed E-state index contributed by atoms with van der Waals surface area (Å²) in [7, 11) is -1.04. The second-order valence-corrected chi connectivity index (χ2v) is 12.0. The first-order valence-corrected chi connectivity index (χ1v) is 13.2. The summed E-state index contributed by atoms with van der Waals surface area (Å²) in [6.07, 6.45) is 8.24. The molecule has 2 nitrogen and oxygen atoms in total. The molecule has 1 aromatic rings. The SMILES string of the molecule is CC(C)[C@H]1CC[C@H](C)C[C@@H]1OP(O[C@@H]1C[C@H](C)CC[C@H]1C(C)C)c1ccccc1. The van der Waals surface area contributed by atoms with Crippen LogP contribution in [0.1, 0.15) is 80.1 Å². The van der Waals surface area contributed by atoms with Crippen molar-refractivity contribution in [2.45, 2.75) is 92.3 Å². The molecular weight excluding hydrogens is 375 g/mol. The van der Waals surface area contributed by atoms with Crippen molar-refractivity contribution in [3.63, 3.8) is 0 Å². The van der Waals surface area contributed by atoms with Gasteiger partial charge in [0, 0.05) is 5.30 Å². The van der Waals surface area contributed by atoms with E-state index in [1.165, 1.54) is 43.8 Å². The Balaban J connectivity index is 1.81. The van der Waals surface area contributed by atoms with Crippen molar-refractivity contribution in [1.82, 2.24) is 0 Å². The molecule has 2 fully saturated rings. The first-order chi connectivity index (χ1) is 13.8. The van der Waals surface area contributed by atoms with Crippen molar-refractivity contribution in [3.8, 4) is 0 Å². The molecule has 0 saturated heterocycles. The van der Waals surface area contributed by atoms with Crippen LogP contribution < -0.4 is 5.30 Å². The summed E-state index contributed by atoms with van der Waals surface area (Å²) in [4.78, 5) is 0. The van der Waals surface area contributed by atoms with Gasteiger partial charge in [-0.15, -0.1) is 0 Å². The van der Waals surface area contributed by atoms with Crippen LogP contribution in [0, 0.1) is 35.5 Å². The molecule has 0 heterocycles. The minimum Gasteiger partial charge on any atom is -0.327 e. The molecular formula is C26H43O2P. The standard InChI is InChI=1S/C26H43O2P/c1-18(2)23-14-12-20(5)16-25(23)27-29(22-10-8-7-9-11-22)28-26-17-21(6)13-15-24(26)19(3)4/h7-11,18-21,23-26H,12-17H2,1-6H3/t20-,21+,23+,24-,25-,26+,29?. The van der Waals surface area contributed by atoms with Gasteiger partial charge in [0.1, 0.15) is 0 Å². The van der Waals surface area contributed by atoms with E-state index >= 15 is 0 Å². The van der Waals surface area contributed by atoms with Crippen molar-refractivity contribution < 1.29 is 9.05 Å². The van der Waals surface area contributed by atoms with Gasteiger partial charge in [0.05, 0.1) is 12.2 Å². The second kappa shape index (κ2) is 10.7. The second-order valence-electron chi connectivity index (χ2n) is 10.5. The third-order valence-electron chi connectivity index (χ3n) is 7.35. The highest BCUT2D eigenvalue weighted by atomic mass is 31.2. The maximum Gasteiger partial charge on any atom is 0.205 e. The predicted molar refractivity (Wildman–Crippen MR) is 125 cm³/mol. The Morgan fingerprint density at radius 3 is 1.59 bits per heavy atom. The quantitative estimate of drug-likeness (QED) is 0.425. The van der Waals surface area contributed by atoms with Gasteiger partial charge in [-0.05, 0) is 73.3 Å². The maximum atomic E-state index is 6.93. The van der Waals surface area contributed by atoms with E-state index in [4.69, 9.17) is 9.05 Å². The van der Waals surface area contributed by atoms with Gasteiger partial charge in [0.25, 0.3) is 0 Å². The Hall–Kier alpha value is -0.430. The van der Waals surface area contributed by atoms with Crippen molar-refractivity contribution in [1.29, 1.82) is 0 Å². The fourth-order valence-electron chi connectivity index (χ4n) is 5.41. The van der Waals surface area contributed by atoms with E-state index in [9.17, 15) is 0 Å². The van der Waals surface area contributed by atoms with Gasteiger partial charge < -0.3 is 9.05 Å². The van der Waals surface area contributed by atoms with E-state index in [0.717, 1.165) is 11.8 Å². The topological polar surface area (TPSA) is 18.5 Å². The summed E-state index contributed by atoms with van der Waals surface area (Å²) in [6, 6.07) is 10.8. The summed E-state index contributed by atoms with van der Waals surface area (Å²) in [5.41, 5.74) is 0. The van der Waals surface area contributed by atoms with Gasteiger partial charge >= 0.3 is 0 Å². The van der Waals surface area contributed by atoms with E-state index in [1.807, 2.05) is 0 Å². The molecule has 0 bridgehead atoms. The van der Waals surface area contributed by atoms with Crippen LogP contribution in [-0.4, -0.2) is 12.2 Å². The minimum absolute atomic E-state index is 0.323. The number of hydrogen-bond donors (Lipinski definition) is 0. The van der Waals surface area contributed by atoms with Crippen LogP contribution in [0.2, 0.25) is 0 Å². The highest BCUT2D eigenvalue weighted by Gasteiger charge is 2.38. The average Bonchev–Trinajstić information content (AvgIpc) is 2.68. The molecule has 2 saturated carbocycles. The van der Waals surface area contributed by atoms with Crippen molar-refractivity contribution in [2.75, 3.05) is 0 Å². The molecule has 0 amide bonds. The van der Waals surface area contributed by atoms with Gasteiger partial charge in [0.15, 0.2) is 0 Å². The zero-order valence-corrected chi connectivity index (χ0v) is 20.4. The summed E-state index contributed by atoms with van der Waals surface area (Å²) in [5, 5.41) is 1.24. The minimum atomic E-state index is -1.04. The first kappa shape index (κ1) is 23.2. The molecule has 164 valence electrons. The van der Waals surface area contributed by atoms with E-state index in [0.29, 0.717) is 35.9 Å². The van der Waals surface area contributed by atoms with Crippen LogP contribution in [0.3, 0.4) is 0 Å². The van der Waals surface area contributed by atoms with Crippen LogP contribution in [-0.2, 0) is 9.05 Å². The Morgan fingerprint density at radius 2 is 1.17 bits per heavy atom.